The summed E-state index contributed by atoms with van der Waals surface area (Å²) in [5.41, 5.74) is 21.1. The Bertz CT molecular complexity index is 3730. The van der Waals surface area contributed by atoms with Gasteiger partial charge in [0.05, 0.1) is 10.8 Å². The number of fused-ring (bicyclic) bond motifs is 6. The van der Waals surface area contributed by atoms with Crippen molar-refractivity contribution in [2.24, 2.45) is 0 Å². The first-order valence-corrected chi connectivity index (χ1v) is 24.3. The summed E-state index contributed by atoms with van der Waals surface area (Å²) in [4.78, 5) is 0. The van der Waals surface area contributed by atoms with E-state index in [9.17, 15) is 20.4 Å². The van der Waals surface area contributed by atoms with Crippen LogP contribution in [0.15, 0.2) is 212 Å². The second kappa shape index (κ2) is 14.9. The van der Waals surface area contributed by atoms with E-state index in [0.717, 1.165) is 47.1 Å². The minimum Gasteiger partial charge on any atom is -0.508 e. The summed E-state index contributed by atoms with van der Waals surface area (Å²) in [6.07, 6.45) is 5.57. The van der Waals surface area contributed by atoms with Crippen molar-refractivity contribution in [1.29, 1.82) is 0 Å². The second-order valence-corrected chi connectivity index (χ2v) is 19.6. The highest BCUT2D eigenvalue weighted by Gasteiger charge is 2.48. The largest absolute Gasteiger partial charge is 0.508 e. The number of benzene rings is 10. The average molecular weight is 903 g/mol. The summed E-state index contributed by atoms with van der Waals surface area (Å²) < 4.78 is 0. The molecule has 1 unspecified atom stereocenters. The van der Waals surface area contributed by atoms with Gasteiger partial charge in [-0.3, -0.25) is 0 Å². The first-order valence-electron chi connectivity index (χ1n) is 24.3. The zero-order valence-corrected chi connectivity index (χ0v) is 38.2. The lowest BCUT2D eigenvalue weighted by Crippen LogP contribution is -2.28. The maximum atomic E-state index is 10.5. The molecule has 4 aliphatic carbocycles. The highest BCUT2D eigenvalue weighted by atomic mass is 16.3. The quantitative estimate of drug-likeness (QED) is 0.134. The SMILES string of the molecule is Oc1ccc(C2(c3ccc(O)cc3)c3ccccc3-c3ccc(C4=CCC5CCc6ccc(-c7ccc8c(c7)C(c7ccc(O)cc7)(c7ccc(O)cc7)c7ccccc7-8)c7ccc4c5c67)cc32)cc1. The molecule has 0 bridgehead atoms. The van der Waals surface area contributed by atoms with Gasteiger partial charge in [0.1, 0.15) is 23.0 Å². The summed E-state index contributed by atoms with van der Waals surface area (Å²) >= 11 is 0. The predicted molar refractivity (Wildman–Crippen MR) is 280 cm³/mol. The molecule has 4 heteroatoms. The Kier molecular flexibility index (Phi) is 8.64. The molecule has 0 fully saturated rings. The Morgan fingerprint density at radius 3 is 1.31 bits per heavy atom. The number of hydrogen-bond donors (Lipinski definition) is 4. The molecular weight excluding hydrogens is 857 g/mol. The number of phenols is 4. The van der Waals surface area contributed by atoms with Gasteiger partial charge >= 0.3 is 0 Å². The van der Waals surface area contributed by atoms with Crippen LogP contribution in [0.1, 0.15) is 85.5 Å². The van der Waals surface area contributed by atoms with E-state index in [1.165, 1.54) is 88.7 Å². The minimum atomic E-state index is -0.701. The molecule has 334 valence electrons. The molecule has 4 N–H and O–H groups in total. The molecule has 0 spiro atoms. The van der Waals surface area contributed by atoms with Crippen LogP contribution < -0.4 is 0 Å². The molecule has 4 nitrogen and oxygen atoms in total. The molecule has 0 aliphatic heterocycles. The number of allylic oxidation sites excluding steroid dienone is 1. The van der Waals surface area contributed by atoms with Gasteiger partial charge in [0.25, 0.3) is 0 Å². The molecule has 0 amide bonds. The van der Waals surface area contributed by atoms with Crippen LogP contribution >= 0.6 is 0 Å². The molecule has 10 aromatic carbocycles. The Morgan fingerprint density at radius 1 is 0.371 bits per heavy atom. The summed E-state index contributed by atoms with van der Waals surface area (Å²) in [6, 6.07) is 71.3. The molecule has 70 heavy (non-hydrogen) atoms. The predicted octanol–water partition coefficient (Wildman–Crippen LogP) is 14.9. The minimum absolute atomic E-state index is 0.218. The lowest BCUT2D eigenvalue weighted by molar-refractivity contribution is 0.473. The van der Waals surface area contributed by atoms with Gasteiger partial charge < -0.3 is 20.4 Å². The molecule has 4 aliphatic rings. The van der Waals surface area contributed by atoms with Crippen molar-refractivity contribution >= 4 is 16.3 Å². The van der Waals surface area contributed by atoms with Gasteiger partial charge in [-0.25, -0.2) is 0 Å². The van der Waals surface area contributed by atoms with Crippen molar-refractivity contribution < 1.29 is 20.4 Å². The Morgan fingerprint density at radius 2 is 0.800 bits per heavy atom. The van der Waals surface area contributed by atoms with Crippen LogP contribution in [0.25, 0.3) is 49.7 Å². The average Bonchev–Trinajstić information content (AvgIpc) is 3.86. The van der Waals surface area contributed by atoms with Gasteiger partial charge in [-0.05, 0) is 202 Å². The van der Waals surface area contributed by atoms with Crippen molar-refractivity contribution in [1.82, 2.24) is 0 Å². The van der Waals surface area contributed by atoms with E-state index in [1.54, 1.807) is 48.5 Å². The van der Waals surface area contributed by atoms with Gasteiger partial charge in [0.15, 0.2) is 0 Å². The lowest BCUT2D eigenvalue weighted by Gasteiger charge is -2.35. The molecule has 0 aromatic heterocycles. The molecule has 0 radical (unpaired) electrons. The Labute approximate surface area is 406 Å². The summed E-state index contributed by atoms with van der Waals surface area (Å²) in [5.74, 6) is 1.28. The van der Waals surface area contributed by atoms with E-state index in [1.807, 2.05) is 48.5 Å². The third-order valence-corrected chi connectivity index (χ3v) is 16.3. The van der Waals surface area contributed by atoms with Gasteiger partial charge in [0.2, 0.25) is 0 Å². The first-order chi connectivity index (χ1) is 34.3. The summed E-state index contributed by atoms with van der Waals surface area (Å²) in [7, 11) is 0. The number of phenolic OH excluding ortho intramolecular Hbond substituents is 4. The summed E-state index contributed by atoms with van der Waals surface area (Å²) in [6.45, 7) is 0. The van der Waals surface area contributed by atoms with Crippen molar-refractivity contribution in [2.45, 2.75) is 36.0 Å². The van der Waals surface area contributed by atoms with Crippen LogP contribution in [-0.2, 0) is 17.3 Å². The van der Waals surface area contributed by atoms with E-state index in [2.05, 4.69) is 115 Å². The zero-order chi connectivity index (χ0) is 46.9. The van der Waals surface area contributed by atoms with E-state index < -0.39 is 10.8 Å². The molecule has 1 atom stereocenters. The zero-order valence-electron chi connectivity index (χ0n) is 38.2. The van der Waals surface area contributed by atoms with Crippen molar-refractivity contribution in [3.63, 3.8) is 0 Å². The number of hydrogen-bond acceptors (Lipinski definition) is 4. The highest BCUT2D eigenvalue weighted by molar-refractivity contribution is 6.05. The van der Waals surface area contributed by atoms with Crippen LogP contribution in [0.4, 0.5) is 0 Å². The molecular formula is C66H46O4. The Hall–Kier alpha value is -8.60. The Balaban J connectivity index is 0.946. The second-order valence-electron chi connectivity index (χ2n) is 19.6. The van der Waals surface area contributed by atoms with E-state index in [0.29, 0.717) is 5.92 Å². The van der Waals surface area contributed by atoms with Gasteiger partial charge in [-0.2, -0.15) is 0 Å². The van der Waals surface area contributed by atoms with E-state index in [-0.39, 0.29) is 23.0 Å². The van der Waals surface area contributed by atoms with Crippen molar-refractivity contribution in [3.05, 3.63) is 279 Å². The maximum absolute atomic E-state index is 10.5. The highest BCUT2D eigenvalue weighted by Crippen LogP contribution is 2.60. The van der Waals surface area contributed by atoms with E-state index >= 15 is 0 Å². The van der Waals surface area contributed by atoms with Crippen molar-refractivity contribution in [3.8, 4) is 56.4 Å². The normalized spacial score (nSPS) is 16.2. The first kappa shape index (κ1) is 40.5. The standard InChI is InChI=1S/C66H46O4/c67-47-23-15-43(16-24-47)65(44-17-25-48(68)26-18-44)59-7-3-1-5-53(59)55-33-13-41(37-61(55)65)51-31-11-39-9-10-40-12-32-52(58-36-35-57(51)63(39)64(40)58)42-14-34-56-54-6-2-4-8-60(54)66(62(56)38-42,45-19-27-49(69)28-20-45)46-21-29-50(70)30-22-46/h1-8,11,13-38,40,67-70H,9-10,12H2. The topological polar surface area (TPSA) is 80.9 Å². The summed E-state index contributed by atoms with van der Waals surface area (Å²) in [5, 5.41) is 44.8. The number of aryl methyl sites for hydroxylation is 1. The van der Waals surface area contributed by atoms with Crippen LogP contribution in [0.5, 0.6) is 23.0 Å². The molecule has 0 heterocycles. The molecule has 14 rings (SSSR count). The van der Waals surface area contributed by atoms with Crippen LogP contribution in [-0.4, -0.2) is 20.4 Å². The van der Waals surface area contributed by atoms with Crippen LogP contribution in [0, 0.1) is 0 Å². The van der Waals surface area contributed by atoms with Crippen molar-refractivity contribution in [2.75, 3.05) is 0 Å². The van der Waals surface area contributed by atoms with E-state index in [4.69, 9.17) is 0 Å². The van der Waals surface area contributed by atoms with Gasteiger partial charge in [-0.15, -0.1) is 0 Å². The molecule has 0 saturated heterocycles. The molecule has 0 saturated carbocycles. The number of rotatable bonds is 6. The monoisotopic (exact) mass is 902 g/mol. The third kappa shape index (κ3) is 5.53. The number of aromatic hydroxyl groups is 4. The lowest BCUT2D eigenvalue weighted by atomic mass is 9.67. The van der Waals surface area contributed by atoms with Gasteiger partial charge in [0, 0.05) is 0 Å². The van der Waals surface area contributed by atoms with Crippen LogP contribution in [0.2, 0.25) is 0 Å². The fraction of sp³-hybridized carbons (Fsp3) is 0.0909. The van der Waals surface area contributed by atoms with Gasteiger partial charge in [-0.1, -0.05) is 152 Å². The molecule has 10 aromatic rings. The fourth-order valence-electron chi connectivity index (χ4n) is 13.3. The van der Waals surface area contributed by atoms with Crippen LogP contribution in [0.3, 0.4) is 0 Å². The smallest absolute Gasteiger partial charge is 0.115 e. The maximum Gasteiger partial charge on any atom is 0.115 e. The fourth-order valence-corrected chi connectivity index (χ4v) is 13.3. The third-order valence-electron chi connectivity index (χ3n) is 16.3.